The van der Waals surface area contributed by atoms with Crippen molar-refractivity contribution in [3.8, 4) is 0 Å². The lowest BCUT2D eigenvalue weighted by molar-refractivity contribution is -0.167. The first-order valence-corrected chi connectivity index (χ1v) is 22.9. The molecule has 0 heterocycles. The summed E-state index contributed by atoms with van der Waals surface area (Å²) >= 11 is 0. The van der Waals surface area contributed by atoms with Crippen molar-refractivity contribution in [2.24, 2.45) is 0 Å². The van der Waals surface area contributed by atoms with Gasteiger partial charge in [0.2, 0.25) is 0 Å². The quantitative estimate of drug-likeness (QED) is 0.0267. The lowest BCUT2D eigenvalue weighted by Gasteiger charge is -2.18. The summed E-state index contributed by atoms with van der Waals surface area (Å²) in [6.07, 6.45) is 54.7. The van der Waals surface area contributed by atoms with Crippen molar-refractivity contribution in [2.75, 3.05) is 13.2 Å². The number of rotatable bonds is 40. The molecule has 0 saturated carbocycles. The van der Waals surface area contributed by atoms with Crippen LogP contribution in [0.25, 0.3) is 0 Å². The molecule has 0 fully saturated rings. The second kappa shape index (κ2) is 44.6. The van der Waals surface area contributed by atoms with E-state index in [2.05, 4.69) is 93.7 Å². The Morgan fingerprint density at radius 3 is 1.16 bits per heavy atom. The van der Waals surface area contributed by atoms with Crippen LogP contribution < -0.4 is 0 Å². The number of hydrogen-bond donors (Lipinski definition) is 0. The molecule has 6 heteroatoms. The lowest BCUT2D eigenvalue weighted by atomic mass is 10.0. The van der Waals surface area contributed by atoms with E-state index in [-0.39, 0.29) is 44.0 Å². The Kier molecular flexibility index (Phi) is 42.1. The Morgan fingerprint density at radius 2 is 0.714 bits per heavy atom. The SMILES string of the molecule is CC/C=C\C/C=C\C/C=C\CCCCC(=O)OC(COC(=O)CCC/C=C\C/C=C\C/C=C\CC)COC(=O)CCCCCCCCCCCCCCCCC. The Labute approximate surface area is 344 Å². The standard InChI is InChI=1S/C50H84O6/c1-4-7-10-13-16-19-22-24-25-26-29-31-34-37-40-43-49(52)55-46-47(45-54-48(51)42-39-36-33-30-27-21-18-15-12-9-6-3)56-50(53)44-41-38-35-32-28-23-20-17-14-11-8-5-2/h8-9,11-12,17-18,20-21,28,30,32-33,47H,4-7,10,13-16,19,22-27,29,31,34-46H2,1-3H3/b11-8-,12-9-,20-17-,21-18-,32-28-,33-30-. The fraction of sp³-hybridized carbons (Fsp3) is 0.700. The molecule has 0 bridgehead atoms. The van der Waals surface area contributed by atoms with Gasteiger partial charge in [-0.2, -0.15) is 0 Å². The molecule has 0 saturated heterocycles. The van der Waals surface area contributed by atoms with E-state index >= 15 is 0 Å². The molecule has 0 radical (unpaired) electrons. The lowest BCUT2D eigenvalue weighted by Crippen LogP contribution is -2.30. The average molecular weight is 781 g/mol. The van der Waals surface area contributed by atoms with Crippen LogP contribution in [-0.2, 0) is 28.6 Å². The van der Waals surface area contributed by atoms with Crippen molar-refractivity contribution in [1.29, 1.82) is 0 Å². The van der Waals surface area contributed by atoms with Gasteiger partial charge in [0.15, 0.2) is 6.10 Å². The van der Waals surface area contributed by atoms with Crippen LogP contribution in [0.5, 0.6) is 0 Å². The topological polar surface area (TPSA) is 78.9 Å². The molecular weight excluding hydrogens is 697 g/mol. The highest BCUT2D eigenvalue weighted by molar-refractivity contribution is 5.71. The van der Waals surface area contributed by atoms with Crippen molar-refractivity contribution < 1.29 is 28.6 Å². The second-order valence-corrected chi connectivity index (χ2v) is 14.9. The Bertz CT molecular complexity index is 1080. The Morgan fingerprint density at radius 1 is 0.375 bits per heavy atom. The third-order valence-corrected chi connectivity index (χ3v) is 9.46. The maximum Gasteiger partial charge on any atom is 0.306 e. The van der Waals surface area contributed by atoms with Crippen LogP contribution in [0.4, 0.5) is 0 Å². The highest BCUT2D eigenvalue weighted by Crippen LogP contribution is 2.14. The summed E-state index contributed by atoms with van der Waals surface area (Å²) in [7, 11) is 0. The maximum atomic E-state index is 12.7. The summed E-state index contributed by atoms with van der Waals surface area (Å²) in [5, 5.41) is 0. The largest absolute Gasteiger partial charge is 0.462 e. The van der Waals surface area contributed by atoms with Crippen molar-refractivity contribution in [1.82, 2.24) is 0 Å². The van der Waals surface area contributed by atoms with Gasteiger partial charge in [-0.25, -0.2) is 0 Å². The first kappa shape index (κ1) is 52.9. The molecule has 0 aromatic carbocycles. The van der Waals surface area contributed by atoms with Gasteiger partial charge in [0.25, 0.3) is 0 Å². The van der Waals surface area contributed by atoms with E-state index in [1.54, 1.807) is 0 Å². The monoisotopic (exact) mass is 781 g/mol. The summed E-state index contributed by atoms with van der Waals surface area (Å²) in [6.45, 7) is 6.31. The third-order valence-electron chi connectivity index (χ3n) is 9.46. The molecule has 0 aliphatic heterocycles. The van der Waals surface area contributed by atoms with E-state index in [4.69, 9.17) is 14.2 Å². The van der Waals surface area contributed by atoms with Gasteiger partial charge in [-0.05, 0) is 77.0 Å². The minimum atomic E-state index is -0.811. The van der Waals surface area contributed by atoms with E-state index in [9.17, 15) is 14.4 Å². The minimum Gasteiger partial charge on any atom is -0.462 e. The minimum absolute atomic E-state index is 0.106. The summed E-state index contributed by atoms with van der Waals surface area (Å²) in [5.41, 5.74) is 0. The van der Waals surface area contributed by atoms with E-state index < -0.39 is 6.10 Å². The van der Waals surface area contributed by atoms with Gasteiger partial charge in [-0.1, -0.05) is 184 Å². The first-order chi connectivity index (χ1) is 27.5. The molecule has 0 amide bonds. The molecule has 0 spiro atoms. The maximum absolute atomic E-state index is 12.7. The number of ether oxygens (including phenoxy) is 3. The van der Waals surface area contributed by atoms with E-state index in [1.807, 2.05) is 0 Å². The van der Waals surface area contributed by atoms with Gasteiger partial charge >= 0.3 is 17.9 Å². The van der Waals surface area contributed by atoms with Crippen molar-refractivity contribution in [3.63, 3.8) is 0 Å². The van der Waals surface area contributed by atoms with Crippen LogP contribution in [0.3, 0.4) is 0 Å². The molecule has 0 rings (SSSR count). The molecule has 56 heavy (non-hydrogen) atoms. The third kappa shape index (κ3) is 42.0. The molecule has 6 nitrogen and oxygen atoms in total. The highest BCUT2D eigenvalue weighted by Gasteiger charge is 2.19. The summed E-state index contributed by atoms with van der Waals surface area (Å²) in [5.74, 6) is -1.01. The van der Waals surface area contributed by atoms with E-state index in [1.165, 1.54) is 77.0 Å². The molecule has 0 aromatic heterocycles. The van der Waals surface area contributed by atoms with E-state index in [0.29, 0.717) is 19.3 Å². The fourth-order valence-electron chi connectivity index (χ4n) is 6.07. The number of carbonyl (C=O) groups excluding carboxylic acids is 3. The van der Waals surface area contributed by atoms with Crippen molar-refractivity contribution in [2.45, 2.75) is 213 Å². The number of hydrogen-bond acceptors (Lipinski definition) is 6. The van der Waals surface area contributed by atoms with Gasteiger partial charge in [0, 0.05) is 19.3 Å². The fourth-order valence-corrected chi connectivity index (χ4v) is 6.07. The highest BCUT2D eigenvalue weighted by atomic mass is 16.6. The van der Waals surface area contributed by atoms with Crippen LogP contribution in [-0.4, -0.2) is 37.2 Å². The van der Waals surface area contributed by atoms with Crippen LogP contribution >= 0.6 is 0 Å². The summed E-state index contributed by atoms with van der Waals surface area (Å²) in [6, 6.07) is 0. The number of carbonyl (C=O) groups is 3. The van der Waals surface area contributed by atoms with Gasteiger partial charge in [0.1, 0.15) is 13.2 Å². The van der Waals surface area contributed by atoms with Gasteiger partial charge in [-0.15, -0.1) is 0 Å². The Balaban J connectivity index is 4.46. The first-order valence-electron chi connectivity index (χ1n) is 22.9. The summed E-state index contributed by atoms with van der Waals surface area (Å²) < 4.78 is 16.6. The van der Waals surface area contributed by atoms with Crippen LogP contribution in [0.15, 0.2) is 72.9 Å². The molecule has 0 aliphatic carbocycles. The van der Waals surface area contributed by atoms with Gasteiger partial charge in [0.05, 0.1) is 0 Å². The normalized spacial score (nSPS) is 12.7. The van der Waals surface area contributed by atoms with Crippen molar-refractivity contribution in [3.05, 3.63) is 72.9 Å². The zero-order chi connectivity index (χ0) is 40.8. The second-order valence-electron chi connectivity index (χ2n) is 14.9. The smallest absolute Gasteiger partial charge is 0.306 e. The molecule has 320 valence electrons. The van der Waals surface area contributed by atoms with Gasteiger partial charge < -0.3 is 14.2 Å². The average Bonchev–Trinajstić information content (AvgIpc) is 3.19. The number of esters is 3. The molecular formula is C50H84O6. The molecule has 0 N–H and O–H groups in total. The molecule has 0 aromatic rings. The Hall–Kier alpha value is -3.15. The van der Waals surface area contributed by atoms with Crippen LogP contribution in [0, 0.1) is 0 Å². The van der Waals surface area contributed by atoms with E-state index in [0.717, 1.165) is 77.0 Å². The zero-order valence-corrected chi connectivity index (χ0v) is 36.4. The molecule has 1 unspecified atom stereocenters. The summed E-state index contributed by atoms with van der Waals surface area (Å²) in [4.78, 5) is 37.7. The van der Waals surface area contributed by atoms with Gasteiger partial charge in [-0.3, -0.25) is 14.4 Å². The van der Waals surface area contributed by atoms with Crippen LogP contribution in [0.1, 0.15) is 207 Å². The zero-order valence-electron chi connectivity index (χ0n) is 36.4. The number of allylic oxidation sites excluding steroid dienone is 12. The molecule has 1 atom stereocenters. The van der Waals surface area contributed by atoms with Crippen LogP contribution in [0.2, 0.25) is 0 Å². The number of unbranched alkanes of at least 4 members (excludes halogenated alkanes) is 17. The predicted octanol–water partition coefficient (Wildman–Crippen LogP) is 14.7. The van der Waals surface area contributed by atoms with Crippen molar-refractivity contribution >= 4 is 17.9 Å². The predicted molar refractivity (Wildman–Crippen MR) is 238 cm³/mol. The molecule has 0 aliphatic rings.